The molecule has 0 radical (unpaired) electrons. The number of benzene rings is 2. The van der Waals surface area contributed by atoms with E-state index in [0.29, 0.717) is 41.8 Å². The predicted octanol–water partition coefficient (Wildman–Crippen LogP) is 3.14. The van der Waals surface area contributed by atoms with Crippen molar-refractivity contribution >= 4 is 5.97 Å². The van der Waals surface area contributed by atoms with Crippen molar-refractivity contribution in [1.82, 2.24) is 0 Å². The van der Waals surface area contributed by atoms with Crippen LogP contribution in [0.3, 0.4) is 0 Å². The molecule has 1 aliphatic rings. The van der Waals surface area contributed by atoms with Crippen LogP contribution in [0.4, 0.5) is 0 Å². The molecule has 0 unspecified atom stereocenters. The average molecular weight is 344 g/mol. The second-order valence-corrected chi connectivity index (χ2v) is 5.57. The zero-order chi connectivity index (χ0) is 17.8. The Bertz CT molecular complexity index is 784. The second kappa shape index (κ2) is 7.34. The maximum absolute atomic E-state index is 12.3. The third-order valence-corrected chi connectivity index (χ3v) is 3.98. The van der Waals surface area contributed by atoms with E-state index in [1.54, 1.807) is 32.4 Å². The highest BCUT2D eigenvalue weighted by molar-refractivity contribution is 5.90. The van der Waals surface area contributed by atoms with Crippen molar-refractivity contribution in [3.05, 3.63) is 47.0 Å². The molecule has 0 aromatic heterocycles. The van der Waals surface area contributed by atoms with Gasteiger partial charge in [0.15, 0.2) is 23.0 Å². The van der Waals surface area contributed by atoms with Gasteiger partial charge in [-0.05, 0) is 48.4 Å². The van der Waals surface area contributed by atoms with Crippen LogP contribution in [0.2, 0.25) is 0 Å². The Labute approximate surface area is 146 Å². The van der Waals surface area contributed by atoms with Crippen molar-refractivity contribution < 1.29 is 28.5 Å². The third-order valence-electron chi connectivity index (χ3n) is 3.98. The van der Waals surface area contributed by atoms with Gasteiger partial charge in [0, 0.05) is 0 Å². The summed E-state index contributed by atoms with van der Waals surface area (Å²) in [5.41, 5.74) is 2.22. The Morgan fingerprint density at radius 2 is 1.68 bits per heavy atom. The SMILES string of the molecule is COc1cc(C)c(COC(=O)c2ccc3c(c2)OCCO3)cc1OC. The molecule has 0 bridgehead atoms. The van der Waals surface area contributed by atoms with E-state index in [9.17, 15) is 4.79 Å². The molecule has 0 spiro atoms. The van der Waals surface area contributed by atoms with Crippen LogP contribution in [0.1, 0.15) is 21.5 Å². The van der Waals surface area contributed by atoms with Crippen LogP contribution in [0.25, 0.3) is 0 Å². The van der Waals surface area contributed by atoms with Gasteiger partial charge < -0.3 is 23.7 Å². The summed E-state index contributed by atoms with van der Waals surface area (Å²) in [7, 11) is 3.15. The van der Waals surface area contributed by atoms with Crippen molar-refractivity contribution in [3.63, 3.8) is 0 Å². The van der Waals surface area contributed by atoms with Gasteiger partial charge in [0.2, 0.25) is 0 Å². The lowest BCUT2D eigenvalue weighted by Crippen LogP contribution is -2.16. The molecule has 6 nitrogen and oxygen atoms in total. The van der Waals surface area contributed by atoms with E-state index in [1.807, 2.05) is 19.1 Å². The van der Waals surface area contributed by atoms with Crippen molar-refractivity contribution in [3.8, 4) is 23.0 Å². The van der Waals surface area contributed by atoms with Crippen LogP contribution in [0, 0.1) is 6.92 Å². The maximum atomic E-state index is 12.3. The maximum Gasteiger partial charge on any atom is 0.338 e. The summed E-state index contributed by atoms with van der Waals surface area (Å²) in [6.07, 6.45) is 0. The number of hydrogen-bond donors (Lipinski definition) is 0. The minimum Gasteiger partial charge on any atom is -0.493 e. The number of methoxy groups -OCH3 is 2. The molecule has 1 heterocycles. The lowest BCUT2D eigenvalue weighted by molar-refractivity contribution is 0.0470. The minimum absolute atomic E-state index is 0.138. The molecular weight excluding hydrogens is 324 g/mol. The van der Waals surface area contributed by atoms with Gasteiger partial charge >= 0.3 is 5.97 Å². The van der Waals surface area contributed by atoms with Gasteiger partial charge in [-0.25, -0.2) is 4.79 Å². The van der Waals surface area contributed by atoms with Gasteiger partial charge in [0.25, 0.3) is 0 Å². The zero-order valence-corrected chi connectivity index (χ0v) is 14.5. The molecular formula is C19H20O6. The van der Waals surface area contributed by atoms with E-state index in [4.69, 9.17) is 23.7 Å². The average Bonchev–Trinajstić information content (AvgIpc) is 2.66. The molecule has 2 aromatic rings. The molecule has 132 valence electrons. The molecule has 3 rings (SSSR count). The fourth-order valence-corrected chi connectivity index (χ4v) is 2.58. The predicted molar refractivity (Wildman–Crippen MR) is 90.8 cm³/mol. The fourth-order valence-electron chi connectivity index (χ4n) is 2.58. The Morgan fingerprint density at radius 1 is 1.00 bits per heavy atom. The summed E-state index contributed by atoms with van der Waals surface area (Å²) in [5, 5.41) is 0. The molecule has 1 aliphatic heterocycles. The minimum atomic E-state index is -0.425. The number of carbonyl (C=O) groups is 1. The van der Waals surface area contributed by atoms with E-state index < -0.39 is 5.97 Å². The van der Waals surface area contributed by atoms with E-state index in [0.717, 1.165) is 11.1 Å². The molecule has 25 heavy (non-hydrogen) atoms. The largest absolute Gasteiger partial charge is 0.493 e. The highest BCUT2D eigenvalue weighted by atomic mass is 16.6. The van der Waals surface area contributed by atoms with Gasteiger partial charge in [-0.2, -0.15) is 0 Å². The number of hydrogen-bond acceptors (Lipinski definition) is 6. The summed E-state index contributed by atoms with van der Waals surface area (Å²) in [5.74, 6) is 2.01. The smallest absolute Gasteiger partial charge is 0.338 e. The normalized spacial score (nSPS) is 12.4. The lowest BCUT2D eigenvalue weighted by atomic mass is 10.1. The monoisotopic (exact) mass is 344 g/mol. The third kappa shape index (κ3) is 3.63. The highest BCUT2D eigenvalue weighted by Crippen LogP contribution is 2.32. The van der Waals surface area contributed by atoms with E-state index in [1.165, 1.54) is 0 Å². The van der Waals surface area contributed by atoms with E-state index >= 15 is 0 Å². The summed E-state index contributed by atoms with van der Waals surface area (Å²) < 4.78 is 26.9. The molecule has 0 saturated carbocycles. The number of fused-ring (bicyclic) bond motifs is 1. The Hall–Kier alpha value is -2.89. The first-order chi connectivity index (χ1) is 12.1. The van der Waals surface area contributed by atoms with Gasteiger partial charge in [-0.15, -0.1) is 0 Å². The number of esters is 1. The molecule has 0 atom stereocenters. The number of ether oxygens (including phenoxy) is 5. The molecule has 0 aliphatic carbocycles. The summed E-state index contributed by atoms with van der Waals surface area (Å²) in [4.78, 5) is 12.3. The summed E-state index contributed by atoms with van der Waals surface area (Å²) >= 11 is 0. The molecule has 0 N–H and O–H groups in total. The number of carbonyl (C=O) groups excluding carboxylic acids is 1. The van der Waals surface area contributed by atoms with Gasteiger partial charge in [-0.1, -0.05) is 0 Å². The van der Waals surface area contributed by atoms with Crippen LogP contribution in [-0.2, 0) is 11.3 Å². The van der Waals surface area contributed by atoms with E-state index in [2.05, 4.69) is 0 Å². The lowest BCUT2D eigenvalue weighted by Gasteiger charge is -2.18. The van der Waals surface area contributed by atoms with Gasteiger partial charge in [0.05, 0.1) is 19.8 Å². The topological polar surface area (TPSA) is 63.2 Å². The number of rotatable bonds is 5. The zero-order valence-electron chi connectivity index (χ0n) is 14.5. The summed E-state index contributed by atoms with van der Waals surface area (Å²) in [6, 6.07) is 8.68. The Balaban J connectivity index is 1.72. The van der Waals surface area contributed by atoms with Crippen LogP contribution < -0.4 is 18.9 Å². The standard InChI is InChI=1S/C19H20O6/c1-12-8-16(21-2)17(22-3)10-14(12)11-25-19(20)13-4-5-15-18(9-13)24-7-6-23-15/h4-5,8-10H,6-7,11H2,1-3H3. The first kappa shape index (κ1) is 17.0. The second-order valence-electron chi connectivity index (χ2n) is 5.57. The van der Waals surface area contributed by atoms with Crippen molar-refractivity contribution in [2.24, 2.45) is 0 Å². The van der Waals surface area contributed by atoms with E-state index in [-0.39, 0.29) is 6.61 Å². The molecule has 0 amide bonds. The van der Waals surface area contributed by atoms with Crippen molar-refractivity contribution in [2.75, 3.05) is 27.4 Å². The van der Waals surface area contributed by atoms with Crippen LogP contribution in [0.15, 0.2) is 30.3 Å². The first-order valence-corrected chi connectivity index (χ1v) is 7.90. The van der Waals surface area contributed by atoms with Crippen LogP contribution in [-0.4, -0.2) is 33.4 Å². The molecule has 6 heteroatoms. The number of aryl methyl sites for hydroxylation is 1. The van der Waals surface area contributed by atoms with Gasteiger partial charge in [-0.3, -0.25) is 0 Å². The van der Waals surface area contributed by atoms with Crippen molar-refractivity contribution in [1.29, 1.82) is 0 Å². The molecule has 2 aromatic carbocycles. The fraction of sp³-hybridized carbons (Fsp3) is 0.316. The highest BCUT2D eigenvalue weighted by Gasteiger charge is 2.16. The van der Waals surface area contributed by atoms with Gasteiger partial charge in [0.1, 0.15) is 19.8 Å². The van der Waals surface area contributed by atoms with Crippen LogP contribution >= 0.6 is 0 Å². The first-order valence-electron chi connectivity index (χ1n) is 7.90. The Morgan fingerprint density at radius 3 is 2.40 bits per heavy atom. The van der Waals surface area contributed by atoms with Crippen LogP contribution in [0.5, 0.6) is 23.0 Å². The van der Waals surface area contributed by atoms with Crippen molar-refractivity contribution in [2.45, 2.75) is 13.5 Å². The molecule has 0 fully saturated rings. The Kier molecular flexibility index (Phi) is 4.97. The summed E-state index contributed by atoms with van der Waals surface area (Å²) in [6.45, 7) is 3.04. The molecule has 0 saturated heterocycles. The quantitative estimate of drug-likeness (QED) is 0.777.